The van der Waals surface area contributed by atoms with Gasteiger partial charge in [0.25, 0.3) is 5.91 Å². The van der Waals surface area contributed by atoms with Crippen LogP contribution in [0.3, 0.4) is 0 Å². The normalized spacial score (nSPS) is 11.8. The number of thiophene rings is 1. The number of alkyl halides is 2. The lowest BCUT2D eigenvalue weighted by Gasteiger charge is -2.06. The van der Waals surface area contributed by atoms with Gasteiger partial charge in [-0.15, -0.1) is 11.3 Å². The third kappa shape index (κ3) is 4.00. The fourth-order valence-electron chi connectivity index (χ4n) is 2.29. The molecule has 0 aliphatic carbocycles. The molecular formula is C18H13ClF2N2O2S. The van der Waals surface area contributed by atoms with E-state index in [2.05, 4.69) is 15.3 Å². The summed E-state index contributed by atoms with van der Waals surface area (Å²) in [6, 6.07) is 13.4. The Labute approximate surface area is 157 Å². The number of rotatable bonds is 5. The van der Waals surface area contributed by atoms with Gasteiger partial charge in [0, 0.05) is 10.1 Å². The molecule has 0 radical (unpaired) electrons. The smallest absolute Gasteiger partial charge is 0.387 e. The van der Waals surface area contributed by atoms with Crippen molar-refractivity contribution in [1.82, 2.24) is 5.43 Å². The molecule has 0 unspecified atom stereocenters. The van der Waals surface area contributed by atoms with E-state index in [1.165, 1.54) is 23.5 Å². The quantitative estimate of drug-likeness (QED) is 0.471. The number of hydrogen-bond acceptors (Lipinski definition) is 4. The fourth-order valence-corrected chi connectivity index (χ4v) is 3.69. The standard InChI is InChI=1S/C18H13ClF2N2O2S/c1-10(11-6-8-12(9-7-11)25-18(20)21)22-23-17(24)16-15(19)13-4-2-3-5-14(13)26-16/h2-9,18H,1H3,(H,23,24). The maximum Gasteiger partial charge on any atom is 0.387 e. The lowest BCUT2D eigenvalue weighted by Crippen LogP contribution is -2.18. The van der Waals surface area contributed by atoms with Gasteiger partial charge in [-0.05, 0) is 42.8 Å². The van der Waals surface area contributed by atoms with Crippen LogP contribution in [0.4, 0.5) is 8.78 Å². The maximum atomic E-state index is 12.4. The number of benzene rings is 2. The van der Waals surface area contributed by atoms with Crippen molar-refractivity contribution in [3.8, 4) is 5.75 Å². The molecule has 0 spiro atoms. The first-order valence-corrected chi connectivity index (χ1v) is 8.72. The molecule has 1 heterocycles. The molecule has 0 saturated carbocycles. The van der Waals surface area contributed by atoms with E-state index in [0.29, 0.717) is 21.2 Å². The number of nitrogens with one attached hydrogen (secondary N) is 1. The van der Waals surface area contributed by atoms with Crippen molar-refractivity contribution in [1.29, 1.82) is 0 Å². The predicted molar refractivity (Wildman–Crippen MR) is 99.6 cm³/mol. The molecule has 0 aliphatic rings. The van der Waals surface area contributed by atoms with Gasteiger partial charge in [0.2, 0.25) is 0 Å². The summed E-state index contributed by atoms with van der Waals surface area (Å²) in [5.74, 6) is -0.356. The SMILES string of the molecule is CC(=NNC(=O)c1sc2ccccc2c1Cl)c1ccc(OC(F)F)cc1. The molecule has 0 atom stereocenters. The van der Waals surface area contributed by atoms with E-state index in [4.69, 9.17) is 11.6 Å². The van der Waals surface area contributed by atoms with Crippen LogP contribution >= 0.6 is 22.9 Å². The van der Waals surface area contributed by atoms with Crippen molar-refractivity contribution >= 4 is 44.6 Å². The highest BCUT2D eigenvalue weighted by molar-refractivity contribution is 7.21. The monoisotopic (exact) mass is 394 g/mol. The third-order valence-corrected chi connectivity index (χ3v) is 5.24. The number of halogens is 3. The van der Waals surface area contributed by atoms with Crippen molar-refractivity contribution in [2.75, 3.05) is 0 Å². The Bertz CT molecular complexity index is 971. The van der Waals surface area contributed by atoms with Crippen LogP contribution < -0.4 is 10.2 Å². The Hall–Kier alpha value is -2.51. The first-order valence-electron chi connectivity index (χ1n) is 7.52. The van der Waals surface area contributed by atoms with Crippen molar-refractivity contribution in [2.24, 2.45) is 5.10 Å². The molecule has 4 nitrogen and oxygen atoms in total. The number of hydrazone groups is 1. The van der Waals surface area contributed by atoms with E-state index in [0.717, 1.165) is 10.1 Å². The minimum Gasteiger partial charge on any atom is -0.435 e. The first-order chi connectivity index (χ1) is 12.5. The summed E-state index contributed by atoms with van der Waals surface area (Å²) in [4.78, 5) is 12.7. The summed E-state index contributed by atoms with van der Waals surface area (Å²) in [5, 5.41) is 5.26. The number of carbonyl (C=O) groups excluding carboxylic acids is 1. The lowest BCUT2D eigenvalue weighted by molar-refractivity contribution is -0.0498. The lowest BCUT2D eigenvalue weighted by atomic mass is 10.1. The minimum absolute atomic E-state index is 0.0534. The van der Waals surface area contributed by atoms with Crippen LogP contribution in [0.5, 0.6) is 5.75 Å². The number of ether oxygens (including phenoxy) is 1. The van der Waals surface area contributed by atoms with Gasteiger partial charge in [0.05, 0.1) is 10.7 Å². The Balaban J connectivity index is 1.73. The van der Waals surface area contributed by atoms with Crippen molar-refractivity contribution in [3.05, 3.63) is 64.0 Å². The summed E-state index contributed by atoms with van der Waals surface area (Å²) in [6.07, 6.45) is 0. The molecule has 8 heteroatoms. The van der Waals surface area contributed by atoms with Crippen LogP contribution in [0, 0.1) is 0 Å². The summed E-state index contributed by atoms with van der Waals surface area (Å²) >= 11 is 7.56. The summed E-state index contributed by atoms with van der Waals surface area (Å²) < 4.78 is 29.5. The van der Waals surface area contributed by atoms with Gasteiger partial charge < -0.3 is 4.74 Å². The molecule has 0 saturated heterocycles. The maximum absolute atomic E-state index is 12.4. The van der Waals surface area contributed by atoms with Crippen LogP contribution in [0.1, 0.15) is 22.2 Å². The number of carbonyl (C=O) groups is 1. The molecule has 26 heavy (non-hydrogen) atoms. The van der Waals surface area contributed by atoms with Gasteiger partial charge in [-0.1, -0.05) is 29.8 Å². The van der Waals surface area contributed by atoms with Crippen molar-refractivity contribution in [3.63, 3.8) is 0 Å². The Kier molecular flexibility index (Phi) is 5.49. The summed E-state index contributed by atoms with van der Waals surface area (Å²) in [7, 11) is 0. The highest BCUT2D eigenvalue weighted by Crippen LogP contribution is 2.34. The van der Waals surface area contributed by atoms with Gasteiger partial charge in [0.1, 0.15) is 10.6 Å². The zero-order valence-electron chi connectivity index (χ0n) is 13.5. The average molecular weight is 395 g/mol. The first kappa shape index (κ1) is 18.3. The van der Waals surface area contributed by atoms with Gasteiger partial charge in [0.15, 0.2) is 0 Å². The second-order valence-corrected chi connectivity index (χ2v) is 6.71. The fraction of sp³-hybridized carbons (Fsp3) is 0.111. The summed E-state index contributed by atoms with van der Waals surface area (Å²) in [5.41, 5.74) is 3.64. The largest absolute Gasteiger partial charge is 0.435 e. The molecule has 3 aromatic rings. The van der Waals surface area contributed by atoms with E-state index < -0.39 is 12.5 Å². The zero-order chi connectivity index (χ0) is 18.7. The van der Waals surface area contributed by atoms with E-state index in [1.807, 2.05) is 24.3 Å². The second-order valence-electron chi connectivity index (χ2n) is 5.28. The predicted octanol–water partition coefficient (Wildman–Crippen LogP) is 5.31. The van der Waals surface area contributed by atoms with Crippen molar-refractivity contribution in [2.45, 2.75) is 13.5 Å². The molecule has 1 N–H and O–H groups in total. The minimum atomic E-state index is -2.87. The molecular weight excluding hydrogens is 382 g/mol. The zero-order valence-corrected chi connectivity index (χ0v) is 15.1. The number of fused-ring (bicyclic) bond motifs is 1. The Morgan fingerprint density at radius 1 is 1.19 bits per heavy atom. The van der Waals surface area contributed by atoms with Gasteiger partial charge in [-0.2, -0.15) is 13.9 Å². The molecule has 0 bridgehead atoms. The number of nitrogens with zero attached hydrogens (tertiary/aromatic N) is 1. The topological polar surface area (TPSA) is 50.7 Å². The van der Waals surface area contributed by atoms with Crippen LogP contribution in [0.15, 0.2) is 53.6 Å². The van der Waals surface area contributed by atoms with Crippen LogP contribution in [0.2, 0.25) is 5.02 Å². The van der Waals surface area contributed by atoms with Crippen LogP contribution in [-0.4, -0.2) is 18.2 Å². The molecule has 2 aromatic carbocycles. The van der Waals surface area contributed by atoms with Crippen LogP contribution in [-0.2, 0) is 0 Å². The molecule has 0 aliphatic heterocycles. The van der Waals surface area contributed by atoms with E-state index in [-0.39, 0.29) is 5.75 Å². The molecule has 3 rings (SSSR count). The highest BCUT2D eigenvalue weighted by Gasteiger charge is 2.16. The van der Waals surface area contributed by atoms with E-state index in [1.54, 1.807) is 19.1 Å². The molecule has 0 fully saturated rings. The second kappa shape index (κ2) is 7.80. The molecule has 1 aromatic heterocycles. The highest BCUT2D eigenvalue weighted by atomic mass is 35.5. The molecule has 134 valence electrons. The Morgan fingerprint density at radius 2 is 1.88 bits per heavy atom. The molecule has 1 amide bonds. The average Bonchev–Trinajstić information content (AvgIpc) is 2.97. The van der Waals surface area contributed by atoms with Crippen LogP contribution in [0.25, 0.3) is 10.1 Å². The van der Waals surface area contributed by atoms with Gasteiger partial charge >= 0.3 is 6.61 Å². The summed E-state index contributed by atoms with van der Waals surface area (Å²) in [6.45, 7) is -1.18. The number of amides is 1. The van der Waals surface area contributed by atoms with Gasteiger partial charge in [-0.3, -0.25) is 4.79 Å². The number of hydrogen-bond donors (Lipinski definition) is 1. The van der Waals surface area contributed by atoms with E-state index in [9.17, 15) is 13.6 Å². The van der Waals surface area contributed by atoms with E-state index >= 15 is 0 Å². The van der Waals surface area contributed by atoms with Crippen molar-refractivity contribution < 1.29 is 18.3 Å². The van der Waals surface area contributed by atoms with Gasteiger partial charge in [-0.25, -0.2) is 5.43 Å². The Morgan fingerprint density at radius 3 is 2.54 bits per heavy atom. The third-order valence-electron chi connectivity index (χ3n) is 3.56.